The van der Waals surface area contributed by atoms with Gasteiger partial charge in [-0.25, -0.2) is 43.9 Å². The zero-order chi connectivity index (χ0) is 36.0. The fourth-order valence-electron chi connectivity index (χ4n) is 5.76. The third kappa shape index (κ3) is 8.25. The van der Waals surface area contributed by atoms with Crippen molar-refractivity contribution in [1.82, 2.24) is 0 Å². The maximum atomic E-state index is 14.0. The number of halogens is 10. The van der Waals surface area contributed by atoms with E-state index in [0.29, 0.717) is 11.8 Å². The summed E-state index contributed by atoms with van der Waals surface area (Å²) in [6, 6.07) is 16.5. The van der Waals surface area contributed by atoms with Gasteiger partial charge in [0.1, 0.15) is 0 Å². The fourth-order valence-corrected chi connectivity index (χ4v) is 5.76. The number of rotatable bonds is 10. The van der Waals surface area contributed by atoms with E-state index in [4.69, 9.17) is 11.5 Å². The lowest BCUT2D eigenvalue weighted by Crippen LogP contribution is -2.15. The van der Waals surface area contributed by atoms with Crippen LogP contribution in [0.3, 0.4) is 0 Å². The predicted octanol–water partition coefficient (Wildman–Crippen LogP) is 11.3. The third-order valence-corrected chi connectivity index (χ3v) is 8.56. The summed E-state index contributed by atoms with van der Waals surface area (Å²) in [5, 5.41) is 0. The van der Waals surface area contributed by atoms with E-state index in [-0.39, 0.29) is 6.42 Å². The first-order valence-corrected chi connectivity index (χ1v) is 15.3. The molecule has 4 atom stereocenters. The van der Waals surface area contributed by atoms with E-state index in [9.17, 15) is 43.9 Å². The van der Waals surface area contributed by atoms with Crippen LogP contribution in [0.2, 0.25) is 0 Å². The first kappa shape index (κ1) is 38.2. The molecule has 4 rings (SSSR count). The maximum Gasteiger partial charge on any atom is 0.200 e. The average molecular weight is 687 g/mol. The van der Waals surface area contributed by atoms with Gasteiger partial charge in [-0.3, -0.25) is 0 Å². The first-order chi connectivity index (χ1) is 22.5. The SMILES string of the molecule is CCC(CC(C)c1c(F)c(F)c(F)c(F)c1F)c1c(F)c(F)c(F)c(F)c1F.CCC(CC(C)c1ccc(N)cc1)c1ccc(N)cc1. The second-order valence-electron chi connectivity index (χ2n) is 11.8. The van der Waals surface area contributed by atoms with Crippen LogP contribution in [-0.4, -0.2) is 0 Å². The van der Waals surface area contributed by atoms with Crippen molar-refractivity contribution >= 4 is 11.4 Å². The molecule has 0 aliphatic rings. The van der Waals surface area contributed by atoms with Gasteiger partial charge < -0.3 is 11.5 Å². The Kier molecular flexibility index (Phi) is 12.9. The molecule has 0 spiro atoms. The van der Waals surface area contributed by atoms with Crippen LogP contribution < -0.4 is 11.5 Å². The Morgan fingerprint density at radius 1 is 0.417 bits per heavy atom. The monoisotopic (exact) mass is 686 g/mol. The number of anilines is 2. The van der Waals surface area contributed by atoms with Crippen LogP contribution in [0.4, 0.5) is 55.3 Å². The number of nitrogen functional groups attached to an aromatic ring is 2. The molecule has 0 saturated carbocycles. The van der Waals surface area contributed by atoms with E-state index >= 15 is 0 Å². The summed E-state index contributed by atoms with van der Waals surface area (Å²) in [4.78, 5) is 0. The van der Waals surface area contributed by atoms with Crippen LogP contribution in [-0.2, 0) is 0 Å². The molecule has 4 aromatic rings. The smallest absolute Gasteiger partial charge is 0.200 e. The average Bonchev–Trinajstić information content (AvgIpc) is 3.07. The minimum Gasteiger partial charge on any atom is -0.399 e. The highest BCUT2D eigenvalue weighted by Crippen LogP contribution is 2.39. The third-order valence-electron chi connectivity index (χ3n) is 8.56. The summed E-state index contributed by atoms with van der Waals surface area (Å²) >= 11 is 0. The summed E-state index contributed by atoms with van der Waals surface area (Å²) in [5.74, 6) is -23.9. The van der Waals surface area contributed by atoms with Crippen molar-refractivity contribution in [3.05, 3.63) is 129 Å². The van der Waals surface area contributed by atoms with E-state index in [1.165, 1.54) is 18.1 Å². The number of nitrogens with two attached hydrogens (primary N) is 2. The van der Waals surface area contributed by atoms with Gasteiger partial charge in [-0.05, 0) is 84.7 Å². The molecule has 0 saturated heterocycles. The Morgan fingerprint density at radius 3 is 1.10 bits per heavy atom. The molecule has 48 heavy (non-hydrogen) atoms. The minimum absolute atomic E-state index is 0.238. The van der Waals surface area contributed by atoms with Gasteiger partial charge >= 0.3 is 0 Å². The molecule has 0 aliphatic carbocycles. The van der Waals surface area contributed by atoms with Crippen molar-refractivity contribution < 1.29 is 43.9 Å². The largest absolute Gasteiger partial charge is 0.399 e. The molecule has 0 heterocycles. The van der Waals surface area contributed by atoms with Gasteiger partial charge in [-0.2, -0.15) is 0 Å². The molecule has 4 N–H and O–H groups in total. The van der Waals surface area contributed by atoms with Crippen LogP contribution in [0.1, 0.15) is 99.3 Å². The topological polar surface area (TPSA) is 52.0 Å². The summed E-state index contributed by atoms with van der Waals surface area (Å²) in [6.07, 6.45) is 1.40. The van der Waals surface area contributed by atoms with E-state index in [2.05, 4.69) is 38.1 Å². The molecular weight excluding hydrogens is 650 g/mol. The van der Waals surface area contributed by atoms with Crippen molar-refractivity contribution in [2.24, 2.45) is 0 Å². The van der Waals surface area contributed by atoms with E-state index in [0.717, 1.165) is 31.1 Å². The molecule has 0 fully saturated rings. The van der Waals surface area contributed by atoms with E-state index in [1.807, 2.05) is 24.3 Å². The standard InChI is InChI=1S/C18H12F10.C18H24N2/c1-3-6(8-11(21)15(25)18(28)16(26)12(8)22)4-5(2)7-9(19)13(23)17(27)14(24)10(7)20;1-3-14(16-6-10-18(20)11-7-16)12-13(2)15-4-8-17(19)9-5-15/h5-6H,3-4H2,1-2H3;4-11,13-14H,3,12,19-20H2,1-2H3. The van der Waals surface area contributed by atoms with Crippen LogP contribution in [0.5, 0.6) is 0 Å². The normalized spacial score (nSPS) is 13.8. The van der Waals surface area contributed by atoms with Crippen molar-refractivity contribution in [2.75, 3.05) is 11.5 Å². The summed E-state index contributed by atoms with van der Waals surface area (Å²) in [7, 11) is 0. The summed E-state index contributed by atoms with van der Waals surface area (Å²) < 4.78 is 136. The second kappa shape index (κ2) is 16.3. The molecule has 0 amide bonds. The highest BCUT2D eigenvalue weighted by Gasteiger charge is 2.33. The Bertz CT molecular complexity index is 1650. The molecule has 260 valence electrons. The second-order valence-corrected chi connectivity index (χ2v) is 11.8. The Morgan fingerprint density at radius 2 is 0.729 bits per heavy atom. The number of hydrogen-bond acceptors (Lipinski definition) is 2. The lowest BCUT2D eigenvalue weighted by atomic mass is 9.83. The lowest BCUT2D eigenvalue weighted by Gasteiger charge is -2.23. The van der Waals surface area contributed by atoms with Crippen molar-refractivity contribution in [3.8, 4) is 0 Å². The van der Waals surface area contributed by atoms with E-state index in [1.54, 1.807) is 0 Å². The molecule has 12 heteroatoms. The molecule has 2 nitrogen and oxygen atoms in total. The molecule has 0 radical (unpaired) electrons. The molecule has 0 bridgehead atoms. The highest BCUT2D eigenvalue weighted by molar-refractivity contribution is 5.42. The highest BCUT2D eigenvalue weighted by atomic mass is 19.2. The van der Waals surface area contributed by atoms with Gasteiger partial charge in [-0.15, -0.1) is 0 Å². The van der Waals surface area contributed by atoms with Gasteiger partial charge in [0.25, 0.3) is 0 Å². The molecule has 0 aliphatic heterocycles. The van der Waals surface area contributed by atoms with Crippen LogP contribution in [0.25, 0.3) is 0 Å². The van der Waals surface area contributed by atoms with Crippen molar-refractivity contribution in [1.29, 1.82) is 0 Å². The Hall–Kier alpha value is -4.22. The van der Waals surface area contributed by atoms with Gasteiger partial charge in [0.15, 0.2) is 46.5 Å². The lowest BCUT2D eigenvalue weighted by molar-refractivity contribution is 0.349. The zero-order valence-electron chi connectivity index (χ0n) is 26.7. The van der Waals surface area contributed by atoms with Gasteiger partial charge in [-0.1, -0.05) is 52.0 Å². The van der Waals surface area contributed by atoms with Crippen LogP contribution >= 0.6 is 0 Å². The first-order valence-electron chi connectivity index (χ1n) is 15.3. The minimum atomic E-state index is -2.38. The predicted molar refractivity (Wildman–Crippen MR) is 166 cm³/mol. The van der Waals surface area contributed by atoms with E-state index < -0.39 is 87.6 Å². The van der Waals surface area contributed by atoms with Gasteiger partial charge in [0.05, 0.1) is 0 Å². The molecular formula is C36H36F10N2. The molecule has 0 aromatic heterocycles. The van der Waals surface area contributed by atoms with Crippen LogP contribution in [0.15, 0.2) is 48.5 Å². The quantitative estimate of drug-likeness (QED) is 0.0755. The Balaban J connectivity index is 0.000000275. The molecule has 4 aromatic carbocycles. The van der Waals surface area contributed by atoms with Gasteiger partial charge in [0.2, 0.25) is 11.6 Å². The van der Waals surface area contributed by atoms with Crippen molar-refractivity contribution in [2.45, 2.75) is 77.0 Å². The summed E-state index contributed by atoms with van der Waals surface area (Å²) in [6.45, 7) is 6.84. The summed E-state index contributed by atoms with van der Waals surface area (Å²) in [5.41, 5.74) is 13.4. The number of hydrogen-bond donors (Lipinski definition) is 2. The fraction of sp³-hybridized carbons (Fsp3) is 0.333. The molecule has 4 unspecified atom stereocenters. The Labute approximate surface area is 272 Å². The number of benzene rings is 4. The van der Waals surface area contributed by atoms with Crippen LogP contribution in [0, 0.1) is 58.2 Å². The zero-order valence-corrected chi connectivity index (χ0v) is 26.7. The van der Waals surface area contributed by atoms with Gasteiger partial charge in [0, 0.05) is 22.5 Å². The maximum absolute atomic E-state index is 14.0. The van der Waals surface area contributed by atoms with Crippen molar-refractivity contribution in [3.63, 3.8) is 0 Å².